The van der Waals surface area contributed by atoms with Crippen molar-refractivity contribution in [1.82, 2.24) is 29.9 Å². The summed E-state index contributed by atoms with van der Waals surface area (Å²) in [6.45, 7) is 4.92. The van der Waals surface area contributed by atoms with Crippen LogP contribution in [0.15, 0.2) is 18.6 Å². The normalized spacial score (nSPS) is 11.1. The second kappa shape index (κ2) is 4.68. The lowest BCUT2D eigenvalue weighted by atomic mass is 10.4. The molecule has 19 heavy (non-hydrogen) atoms. The van der Waals surface area contributed by atoms with Crippen LogP contribution in [0.4, 0.5) is 5.95 Å². The highest BCUT2D eigenvalue weighted by Crippen LogP contribution is 2.18. The SMILES string of the molecule is CCCNc1nc(-n2cc(C)cn2)c2cn[nH]c2n1. The summed E-state index contributed by atoms with van der Waals surface area (Å²) >= 11 is 0. The zero-order chi connectivity index (χ0) is 13.2. The number of hydrogen-bond donors (Lipinski definition) is 2. The molecule has 98 valence electrons. The highest BCUT2D eigenvalue weighted by atomic mass is 15.3. The third-order valence-corrected chi connectivity index (χ3v) is 2.75. The quantitative estimate of drug-likeness (QED) is 0.742. The van der Waals surface area contributed by atoms with Crippen molar-refractivity contribution in [2.75, 3.05) is 11.9 Å². The molecule has 0 saturated heterocycles. The maximum atomic E-state index is 4.51. The molecule has 2 N–H and O–H groups in total. The summed E-state index contributed by atoms with van der Waals surface area (Å²) in [5.74, 6) is 1.31. The molecular weight excluding hydrogens is 242 g/mol. The lowest BCUT2D eigenvalue weighted by molar-refractivity contribution is 0.847. The van der Waals surface area contributed by atoms with Gasteiger partial charge in [-0.25, -0.2) is 4.68 Å². The number of hydrogen-bond acceptors (Lipinski definition) is 5. The van der Waals surface area contributed by atoms with Crippen LogP contribution in [-0.4, -0.2) is 36.5 Å². The first-order chi connectivity index (χ1) is 9.28. The highest BCUT2D eigenvalue weighted by Gasteiger charge is 2.11. The average molecular weight is 257 g/mol. The molecule has 0 unspecified atom stereocenters. The molecule has 3 rings (SSSR count). The molecule has 0 aromatic carbocycles. The van der Waals surface area contributed by atoms with Crippen molar-refractivity contribution < 1.29 is 0 Å². The van der Waals surface area contributed by atoms with E-state index in [9.17, 15) is 0 Å². The molecule has 0 atom stereocenters. The predicted octanol–water partition coefficient (Wildman–Crippen LogP) is 1.67. The van der Waals surface area contributed by atoms with Gasteiger partial charge in [-0.1, -0.05) is 6.92 Å². The van der Waals surface area contributed by atoms with Crippen molar-refractivity contribution in [1.29, 1.82) is 0 Å². The maximum absolute atomic E-state index is 4.51. The number of nitrogens with one attached hydrogen (secondary N) is 2. The smallest absolute Gasteiger partial charge is 0.226 e. The molecule has 3 aromatic heterocycles. The summed E-state index contributed by atoms with van der Waals surface area (Å²) in [6.07, 6.45) is 6.46. The number of aromatic amines is 1. The van der Waals surface area contributed by atoms with E-state index in [1.54, 1.807) is 17.1 Å². The van der Waals surface area contributed by atoms with Crippen LogP contribution in [0.25, 0.3) is 16.9 Å². The molecule has 0 radical (unpaired) electrons. The van der Waals surface area contributed by atoms with E-state index in [1.807, 2.05) is 13.1 Å². The predicted molar refractivity (Wildman–Crippen MR) is 72.3 cm³/mol. The van der Waals surface area contributed by atoms with Gasteiger partial charge in [-0.2, -0.15) is 20.2 Å². The van der Waals surface area contributed by atoms with E-state index in [2.05, 4.69) is 37.5 Å². The van der Waals surface area contributed by atoms with Crippen LogP contribution in [0.3, 0.4) is 0 Å². The maximum Gasteiger partial charge on any atom is 0.226 e. The van der Waals surface area contributed by atoms with E-state index in [-0.39, 0.29) is 0 Å². The fourth-order valence-electron chi connectivity index (χ4n) is 1.84. The van der Waals surface area contributed by atoms with Crippen LogP contribution < -0.4 is 5.32 Å². The van der Waals surface area contributed by atoms with Crippen LogP contribution in [0.2, 0.25) is 0 Å². The summed E-state index contributed by atoms with van der Waals surface area (Å²) in [5.41, 5.74) is 1.79. The van der Waals surface area contributed by atoms with Gasteiger partial charge in [-0.05, 0) is 18.9 Å². The van der Waals surface area contributed by atoms with Crippen molar-refractivity contribution >= 4 is 17.0 Å². The van der Waals surface area contributed by atoms with Gasteiger partial charge < -0.3 is 5.32 Å². The largest absolute Gasteiger partial charge is 0.354 e. The number of aryl methyl sites for hydroxylation is 1. The number of rotatable bonds is 4. The van der Waals surface area contributed by atoms with Gasteiger partial charge in [-0.3, -0.25) is 5.10 Å². The van der Waals surface area contributed by atoms with Crippen molar-refractivity contribution in [2.45, 2.75) is 20.3 Å². The second-order valence-corrected chi connectivity index (χ2v) is 4.39. The molecule has 0 spiro atoms. The standard InChI is InChI=1S/C12H15N7/c1-3-4-13-12-16-10-9(6-14-18-10)11(17-12)19-7-8(2)5-15-19/h5-7H,3-4H2,1-2H3,(H2,13,14,16,17,18). The average Bonchev–Trinajstić information content (AvgIpc) is 3.03. The first-order valence-corrected chi connectivity index (χ1v) is 6.24. The van der Waals surface area contributed by atoms with Gasteiger partial charge in [0.1, 0.15) is 0 Å². The number of aromatic nitrogens is 6. The molecule has 0 aliphatic heterocycles. The van der Waals surface area contributed by atoms with Gasteiger partial charge >= 0.3 is 0 Å². The van der Waals surface area contributed by atoms with E-state index >= 15 is 0 Å². The molecule has 7 nitrogen and oxygen atoms in total. The van der Waals surface area contributed by atoms with Crippen LogP contribution in [0.5, 0.6) is 0 Å². The number of anilines is 1. The van der Waals surface area contributed by atoms with Gasteiger partial charge in [0.15, 0.2) is 11.5 Å². The Morgan fingerprint density at radius 2 is 2.21 bits per heavy atom. The molecule has 0 amide bonds. The Hall–Kier alpha value is -2.44. The van der Waals surface area contributed by atoms with Gasteiger partial charge in [0.2, 0.25) is 5.95 Å². The Bertz CT molecular complexity index is 697. The fraction of sp³-hybridized carbons (Fsp3) is 0.333. The molecule has 0 fully saturated rings. The lowest BCUT2D eigenvalue weighted by Crippen LogP contribution is -2.08. The van der Waals surface area contributed by atoms with Crippen molar-refractivity contribution in [2.24, 2.45) is 0 Å². The van der Waals surface area contributed by atoms with Crippen LogP contribution in [0, 0.1) is 6.92 Å². The summed E-state index contributed by atoms with van der Waals surface area (Å²) < 4.78 is 1.74. The molecule has 3 aromatic rings. The molecule has 7 heteroatoms. The topological polar surface area (TPSA) is 84.3 Å². The van der Waals surface area contributed by atoms with Crippen LogP contribution >= 0.6 is 0 Å². The van der Waals surface area contributed by atoms with E-state index in [0.29, 0.717) is 11.6 Å². The van der Waals surface area contributed by atoms with E-state index in [4.69, 9.17) is 0 Å². The van der Waals surface area contributed by atoms with Crippen LogP contribution in [-0.2, 0) is 0 Å². The van der Waals surface area contributed by atoms with E-state index in [1.165, 1.54) is 0 Å². The molecule has 0 aliphatic carbocycles. The summed E-state index contributed by atoms with van der Waals surface area (Å²) in [4.78, 5) is 8.90. The number of H-pyrrole nitrogens is 1. The Kier molecular flexibility index (Phi) is 2.86. The summed E-state index contributed by atoms with van der Waals surface area (Å²) in [6, 6.07) is 0. The fourth-order valence-corrected chi connectivity index (χ4v) is 1.84. The second-order valence-electron chi connectivity index (χ2n) is 4.39. The minimum Gasteiger partial charge on any atom is -0.354 e. The molecular formula is C12H15N7. The molecule has 0 saturated carbocycles. The highest BCUT2D eigenvalue weighted by molar-refractivity contribution is 5.82. The molecule has 0 aliphatic rings. The van der Waals surface area contributed by atoms with E-state index < -0.39 is 0 Å². The van der Waals surface area contributed by atoms with Crippen molar-refractivity contribution in [3.63, 3.8) is 0 Å². The Labute approximate surface area is 110 Å². The summed E-state index contributed by atoms with van der Waals surface area (Å²) in [5, 5.41) is 15.2. The first-order valence-electron chi connectivity index (χ1n) is 6.24. The minimum atomic E-state index is 0.585. The van der Waals surface area contributed by atoms with Gasteiger partial charge in [-0.15, -0.1) is 0 Å². The Balaban J connectivity index is 2.12. The number of nitrogens with zero attached hydrogens (tertiary/aromatic N) is 5. The van der Waals surface area contributed by atoms with Gasteiger partial charge in [0.05, 0.1) is 17.8 Å². The van der Waals surface area contributed by atoms with Crippen molar-refractivity contribution in [3.05, 3.63) is 24.2 Å². The monoisotopic (exact) mass is 257 g/mol. The first kappa shape index (κ1) is 11.6. The molecule has 3 heterocycles. The summed E-state index contributed by atoms with van der Waals surface area (Å²) in [7, 11) is 0. The molecule has 0 bridgehead atoms. The van der Waals surface area contributed by atoms with Crippen molar-refractivity contribution in [3.8, 4) is 5.82 Å². The zero-order valence-electron chi connectivity index (χ0n) is 10.9. The Morgan fingerprint density at radius 1 is 1.32 bits per heavy atom. The van der Waals surface area contributed by atoms with Gasteiger partial charge in [0.25, 0.3) is 0 Å². The number of fused-ring (bicyclic) bond motifs is 1. The lowest BCUT2D eigenvalue weighted by Gasteiger charge is -2.06. The van der Waals surface area contributed by atoms with Crippen LogP contribution in [0.1, 0.15) is 18.9 Å². The third kappa shape index (κ3) is 2.14. The minimum absolute atomic E-state index is 0.585. The third-order valence-electron chi connectivity index (χ3n) is 2.75. The zero-order valence-corrected chi connectivity index (χ0v) is 10.9. The Morgan fingerprint density at radius 3 is 2.95 bits per heavy atom. The van der Waals surface area contributed by atoms with Gasteiger partial charge in [0, 0.05) is 12.7 Å². The van der Waals surface area contributed by atoms with E-state index in [0.717, 1.165) is 29.7 Å².